The molecule has 0 bridgehead atoms. The summed E-state index contributed by atoms with van der Waals surface area (Å²) in [5, 5.41) is 13.0. The summed E-state index contributed by atoms with van der Waals surface area (Å²) in [5.74, 6) is 3.95. The van der Waals surface area contributed by atoms with Crippen LogP contribution in [0.2, 0.25) is 0 Å². The van der Waals surface area contributed by atoms with Gasteiger partial charge in [0.05, 0.1) is 6.54 Å². The summed E-state index contributed by atoms with van der Waals surface area (Å²) in [7, 11) is 0. The Bertz CT molecular complexity index is 279. The minimum Gasteiger partial charge on any atom is -0.396 e. The molecule has 2 fully saturated rings. The predicted molar refractivity (Wildman–Crippen MR) is 74.2 cm³/mol. The zero-order valence-electron chi connectivity index (χ0n) is 11.3. The van der Waals surface area contributed by atoms with Gasteiger partial charge in [0.15, 0.2) is 0 Å². The molecule has 3 nitrogen and oxygen atoms in total. The van der Waals surface area contributed by atoms with Crippen LogP contribution in [0.5, 0.6) is 0 Å². The molecule has 18 heavy (non-hydrogen) atoms. The molecule has 0 aromatic carbocycles. The van der Waals surface area contributed by atoms with Gasteiger partial charge in [0.2, 0.25) is 0 Å². The first-order chi connectivity index (χ1) is 8.83. The molecule has 2 aliphatic rings. The molecule has 1 saturated heterocycles. The Morgan fingerprint density at radius 1 is 1.17 bits per heavy atom. The highest BCUT2D eigenvalue weighted by molar-refractivity contribution is 4.90. The third-order valence-electron chi connectivity index (χ3n) is 4.62. The number of hydrogen-bond acceptors (Lipinski definition) is 3. The quantitative estimate of drug-likeness (QED) is 0.717. The molecule has 1 aliphatic heterocycles. The molecule has 2 rings (SSSR count). The van der Waals surface area contributed by atoms with Crippen LogP contribution in [0.15, 0.2) is 0 Å². The second-order valence-electron chi connectivity index (χ2n) is 5.80. The van der Waals surface area contributed by atoms with Crippen LogP contribution in [-0.4, -0.2) is 48.8 Å². The molecule has 2 atom stereocenters. The fourth-order valence-electron chi connectivity index (χ4n) is 3.37. The molecule has 1 saturated carbocycles. The number of aliphatic hydroxyl groups is 1. The minimum absolute atomic E-state index is 0.368. The van der Waals surface area contributed by atoms with Crippen LogP contribution in [0.4, 0.5) is 0 Å². The van der Waals surface area contributed by atoms with Gasteiger partial charge < -0.3 is 10.4 Å². The molecule has 0 aromatic heterocycles. The van der Waals surface area contributed by atoms with Crippen LogP contribution < -0.4 is 5.32 Å². The number of rotatable bonds is 5. The van der Waals surface area contributed by atoms with E-state index in [-0.39, 0.29) is 0 Å². The average molecular weight is 250 g/mol. The zero-order valence-corrected chi connectivity index (χ0v) is 11.3. The third kappa shape index (κ3) is 3.71. The molecular weight excluding hydrogens is 224 g/mol. The fraction of sp³-hybridized carbons (Fsp3) is 0.867. The lowest BCUT2D eigenvalue weighted by Crippen LogP contribution is -2.44. The van der Waals surface area contributed by atoms with E-state index in [1.807, 2.05) is 0 Å². The number of nitrogens with zero attached hydrogens (tertiary/aromatic N) is 1. The second kappa shape index (κ2) is 7.13. The minimum atomic E-state index is 0.368. The van der Waals surface area contributed by atoms with Gasteiger partial charge in [0.1, 0.15) is 0 Å². The molecule has 1 aliphatic carbocycles. The Labute approximate surface area is 111 Å². The first kappa shape index (κ1) is 13.9. The SMILES string of the molecule is C#CCN1CCC(NCC2CCCC2CO)CC1. The van der Waals surface area contributed by atoms with Crippen LogP contribution in [0, 0.1) is 24.2 Å². The van der Waals surface area contributed by atoms with Gasteiger partial charge in [-0.2, -0.15) is 0 Å². The summed E-state index contributed by atoms with van der Waals surface area (Å²) in [5.41, 5.74) is 0. The third-order valence-corrected chi connectivity index (χ3v) is 4.62. The molecule has 0 aromatic rings. The highest BCUT2D eigenvalue weighted by Crippen LogP contribution is 2.30. The van der Waals surface area contributed by atoms with Gasteiger partial charge >= 0.3 is 0 Å². The maximum Gasteiger partial charge on any atom is 0.0598 e. The van der Waals surface area contributed by atoms with Crippen LogP contribution >= 0.6 is 0 Å². The van der Waals surface area contributed by atoms with E-state index < -0.39 is 0 Å². The summed E-state index contributed by atoms with van der Waals surface area (Å²) in [6, 6.07) is 0.652. The van der Waals surface area contributed by atoms with Crippen molar-refractivity contribution < 1.29 is 5.11 Å². The lowest BCUT2D eigenvalue weighted by Gasteiger charge is -2.32. The van der Waals surface area contributed by atoms with E-state index >= 15 is 0 Å². The summed E-state index contributed by atoms with van der Waals surface area (Å²) in [4.78, 5) is 2.35. The van der Waals surface area contributed by atoms with Crippen molar-refractivity contribution >= 4 is 0 Å². The first-order valence-corrected chi connectivity index (χ1v) is 7.33. The van der Waals surface area contributed by atoms with Crippen molar-refractivity contribution in [2.24, 2.45) is 11.8 Å². The largest absolute Gasteiger partial charge is 0.396 e. The van der Waals surface area contributed by atoms with Crippen molar-refractivity contribution in [1.29, 1.82) is 0 Å². The van der Waals surface area contributed by atoms with Crippen LogP contribution in [0.25, 0.3) is 0 Å². The molecule has 0 amide bonds. The number of nitrogens with one attached hydrogen (secondary N) is 1. The molecule has 2 unspecified atom stereocenters. The normalized spacial score (nSPS) is 30.4. The summed E-state index contributed by atoms with van der Waals surface area (Å²) in [6.07, 6.45) is 11.5. The van der Waals surface area contributed by atoms with E-state index in [1.165, 1.54) is 32.1 Å². The van der Waals surface area contributed by atoms with Gasteiger partial charge in [-0.1, -0.05) is 12.3 Å². The Kier molecular flexibility index (Phi) is 5.49. The van der Waals surface area contributed by atoms with Crippen molar-refractivity contribution in [2.75, 3.05) is 32.8 Å². The molecule has 0 spiro atoms. The van der Waals surface area contributed by atoms with E-state index in [2.05, 4.69) is 16.1 Å². The lowest BCUT2D eigenvalue weighted by atomic mass is 9.96. The summed E-state index contributed by atoms with van der Waals surface area (Å²) >= 11 is 0. The average Bonchev–Trinajstić information content (AvgIpc) is 2.86. The Morgan fingerprint density at radius 3 is 2.56 bits per heavy atom. The lowest BCUT2D eigenvalue weighted by molar-refractivity contribution is 0.179. The van der Waals surface area contributed by atoms with Crippen LogP contribution in [0.3, 0.4) is 0 Å². The number of hydrogen-bond donors (Lipinski definition) is 2. The van der Waals surface area contributed by atoms with Gasteiger partial charge in [-0.15, -0.1) is 6.42 Å². The van der Waals surface area contributed by atoms with E-state index in [0.29, 0.717) is 24.5 Å². The van der Waals surface area contributed by atoms with Crippen molar-refractivity contribution in [3.63, 3.8) is 0 Å². The molecule has 0 radical (unpaired) electrons. The van der Waals surface area contributed by atoms with Gasteiger partial charge in [-0.25, -0.2) is 0 Å². The smallest absolute Gasteiger partial charge is 0.0598 e. The maximum atomic E-state index is 9.31. The fourth-order valence-corrected chi connectivity index (χ4v) is 3.37. The van der Waals surface area contributed by atoms with E-state index in [9.17, 15) is 5.11 Å². The second-order valence-corrected chi connectivity index (χ2v) is 5.80. The Hall–Kier alpha value is -0.560. The molecular formula is C15H26N2O. The number of likely N-dealkylation sites (tertiary alicyclic amines) is 1. The molecule has 102 valence electrons. The summed E-state index contributed by atoms with van der Waals surface area (Å²) in [6.45, 7) is 4.49. The van der Waals surface area contributed by atoms with Gasteiger partial charge in [0.25, 0.3) is 0 Å². The highest BCUT2D eigenvalue weighted by Gasteiger charge is 2.27. The van der Waals surface area contributed by atoms with Crippen molar-refractivity contribution in [3.05, 3.63) is 0 Å². The number of aliphatic hydroxyl groups excluding tert-OH is 1. The standard InChI is InChI=1S/C15H26N2O/c1-2-8-17-9-6-15(7-10-17)16-11-13-4-3-5-14(13)12-18/h1,13-16,18H,3-12H2. The van der Waals surface area contributed by atoms with Gasteiger partial charge in [0, 0.05) is 25.7 Å². The number of piperidine rings is 1. The predicted octanol–water partition coefficient (Wildman–Crippen LogP) is 1.08. The van der Waals surface area contributed by atoms with Crippen molar-refractivity contribution in [3.8, 4) is 12.3 Å². The van der Waals surface area contributed by atoms with Gasteiger partial charge in [-0.3, -0.25) is 4.90 Å². The zero-order chi connectivity index (χ0) is 12.8. The highest BCUT2D eigenvalue weighted by atomic mass is 16.3. The van der Waals surface area contributed by atoms with Crippen LogP contribution in [0.1, 0.15) is 32.1 Å². The number of terminal acetylenes is 1. The van der Waals surface area contributed by atoms with Crippen molar-refractivity contribution in [2.45, 2.75) is 38.1 Å². The molecule has 1 heterocycles. The Balaban J connectivity index is 1.65. The molecule has 2 N–H and O–H groups in total. The topological polar surface area (TPSA) is 35.5 Å². The Morgan fingerprint density at radius 2 is 1.89 bits per heavy atom. The van der Waals surface area contributed by atoms with E-state index in [4.69, 9.17) is 6.42 Å². The summed E-state index contributed by atoms with van der Waals surface area (Å²) < 4.78 is 0. The first-order valence-electron chi connectivity index (χ1n) is 7.33. The monoisotopic (exact) mass is 250 g/mol. The molecule has 3 heteroatoms. The van der Waals surface area contributed by atoms with Crippen LogP contribution in [-0.2, 0) is 0 Å². The van der Waals surface area contributed by atoms with E-state index in [1.54, 1.807) is 0 Å². The van der Waals surface area contributed by atoms with E-state index in [0.717, 1.165) is 26.2 Å². The maximum absolute atomic E-state index is 9.31. The van der Waals surface area contributed by atoms with Gasteiger partial charge in [-0.05, 0) is 44.1 Å². The van der Waals surface area contributed by atoms with Crippen molar-refractivity contribution in [1.82, 2.24) is 10.2 Å².